The number of rotatable bonds is 10. The Morgan fingerprint density at radius 2 is 1.83 bits per heavy atom. The van der Waals surface area contributed by atoms with Crippen LogP contribution in [0.1, 0.15) is 81.1 Å². The van der Waals surface area contributed by atoms with Crippen LogP contribution >= 0.6 is 0 Å². The molecule has 3 fully saturated rings. The van der Waals surface area contributed by atoms with Crippen molar-refractivity contribution < 1.29 is 43.2 Å². The van der Waals surface area contributed by atoms with Crippen molar-refractivity contribution in [3.05, 3.63) is 30.5 Å². The fourth-order valence-electron chi connectivity index (χ4n) is 9.30. The topological polar surface area (TPSA) is 193 Å². The Hall–Kier alpha value is -3.67. The Labute approximate surface area is 343 Å². The number of nitrogens with zero attached hydrogens (tertiary/aromatic N) is 5. The SMILES string of the molecule is CC[C@H]1OC(=O)[C@H](C)C(=O)[C@H](C)[C@@H](O[C@@H]2OC(C)CC(N(C)C)C2O)[C@](C)(OC)C[C@@H](C)CN[C@H](C)[C@H]2N(CCCn3cc(-c4cccc(N)c4)nn3)C(=O)O[C@]12C. The van der Waals surface area contributed by atoms with Crippen molar-refractivity contribution in [2.24, 2.45) is 17.8 Å². The van der Waals surface area contributed by atoms with Crippen molar-refractivity contribution >= 4 is 23.5 Å². The molecule has 16 nitrogen and oxygen atoms in total. The second-order valence-corrected chi connectivity index (χ2v) is 17.4. The lowest BCUT2D eigenvalue weighted by atomic mass is 9.78. The molecule has 3 unspecified atom stereocenters. The van der Waals surface area contributed by atoms with Gasteiger partial charge in [-0.2, -0.15) is 0 Å². The van der Waals surface area contributed by atoms with E-state index < -0.39 is 71.5 Å². The minimum absolute atomic E-state index is 0.0203. The number of Topliss-reactive ketones (excluding diaryl/α,β-unsaturated/α-hetero) is 1. The molecule has 58 heavy (non-hydrogen) atoms. The van der Waals surface area contributed by atoms with Gasteiger partial charge in [-0.1, -0.05) is 38.1 Å². The summed E-state index contributed by atoms with van der Waals surface area (Å²) in [6, 6.07) is 6.36. The number of aliphatic hydroxyl groups is 1. The number of benzene rings is 1. The molecule has 4 N–H and O–H groups in total. The van der Waals surface area contributed by atoms with Gasteiger partial charge >= 0.3 is 12.1 Å². The van der Waals surface area contributed by atoms with Gasteiger partial charge in [0.05, 0.1) is 30.0 Å². The number of aromatic nitrogens is 3. The molecule has 0 saturated carbocycles. The summed E-state index contributed by atoms with van der Waals surface area (Å²) in [7, 11) is 5.38. The number of hydrogen-bond donors (Lipinski definition) is 3. The van der Waals surface area contributed by atoms with Crippen LogP contribution in [0.25, 0.3) is 11.3 Å². The molecular weight excluding hydrogens is 747 g/mol. The first-order chi connectivity index (χ1) is 27.3. The van der Waals surface area contributed by atoms with Crippen LogP contribution in [-0.2, 0) is 39.8 Å². The summed E-state index contributed by atoms with van der Waals surface area (Å²) >= 11 is 0. The molecule has 3 aliphatic rings. The van der Waals surface area contributed by atoms with Crippen LogP contribution in [0.4, 0.5) is 10.5 Å². The van der Waals surface area contributed by atoms with E-state index in [1.54, 1.807) is 23.6 Å². The predicted molar refractivity (Wildman–Crippen MR) is 217 cm³/mol. The molecule has 0 bridgehead atoms. The van der Waals surface area contributed by atoms with E-state index in [1.807, 2.05) is 84.1 Å². The number of nitrogens with two attached hydrogens (primary N) is 1. The highest BCUT2D eigenvalue weighted by molar-refractivity contribution is 6.00. The summed E-state index contributed by atoms with van der Waals surface area (Å²) in [6.07, 6.45) is -0.724. The molecule has 1 aromatic heterocycles. The first-order valence-corrected chi connectivity index (χ1v) is 20.8. The van der Waals surface area contributed by atoms with Gasteiger partial charge in [-0.15, -0.1) is 5.10 Å². The zero-order valence-electron chi connectivity index (χ0n) is 36.2. The van der Waals surface area contributed by atoms with Crippen LogP contribution in [0, 0.1) is 17.8 Å². The van der Waals surface area contributed by atoms with Crippen LogP contribution in [0.3, 0.4) is 0 Å². The quantitative estimate of drug-likeness (QED) is 0.178. The van der Waals surface area contributed by atoms with E-state index in [4.69, 9.17) is 29.4 Å². The summed E-state index contributed by atoms with van der Waals surface area (Å²) in [5, 5.41) is 23.7. The number of aryl methyl sites for hydroxylation is 1. The Bertz CT molecular complexity index is 1730. The molecule has 0 spiro atoms. The van der Waals surface area contributed by atoms with E-state index >= 15 is 0 Å². The average Bonchev–Trinajstić information content (AvgIpc) is 3.76. The summed E-state index contributed by atoms with van der Waals surface area (Å²) < 4.78 is 33.2. The number of nitrogens with one attached hydrogen (secondary N) is 1. The van der Waals surface area contributed by atoms with Crippen LogP contribution in [-0.4, -0.2) is 142 Å². The molecule has 0 radical (unpaired) electrons. The Morgan fingerprint density at radius 1 is 1.10 bits per heavy atom. The maximum Gasteiger partial charge on any atom is 0.410 e. The lowest BCUT2D eigenvalue weighted by molar-refractivity contribution is -0.295. The Morgan fingerprint density at radius 3 is 2.48 bits per heavy atom. The fourth-order valence-corrected chi connectivity index (χ4v) is 9.30. The van der Waals surface area contributed by atoms with Gasteiger partial charge in [0.25, 0.3) is 0 Å². The number of methoxy groups -OCH3 is 1. The van der Waals surface area contributed by atoms with Gasteiger partial charge in [-0.3, -0.25) is 19.2 Å². The number of ketones is 1. The molecule has 324 valence electrons. The Kier molecular flexibility index (Phi) is 14.7. The number of cyclic esters (lactones) is 1. The minimum Gasteiger partial charge on any atom is -0.458 e. The number of carbonyl (C=O) groups is 3. The summed E-state index contributed by atoms with van der Waals surface area (Å²) in [6.45, 7) is 16.2. The maximum absolute atomic E-state index is 14.4. The number of ether oxygens (including phenoxy) is 5. The third kappa shape index (κ3) is 9.68. The molecule has 16 heteroatoms. The van der Waals surface area contributed by atoms with Gasteiger partial charge in [0.15, 0.2) is 17.7 Å². The lowest BCUT2D eigenvalue weighted by Gasteiger charge is -2.46. The number of esters is 1. The molecule has 3 saturated heterocycles. The number of likely N-dealkylation sites (N-methyl/N-ethyl adjacent to an activating group) is 1. The normalized spacial score (nSPS) is 36.9. The van der Waals surface area contributed by atoms with E-state index in [0.717, 1.165) is 5.56 Å². The monoisotopic (exact) mass is 814 g/mol. The summed E-state index contributed by atoms with van der Waals surface area (Å²) in [5.74, 6) is -3.19. The number of aliphatic hydroxyl groups excluding tert-OH is 1. The number of carbonyl (C=O) groups excluding carboxylic acids is 3. The molecule has 1 aromatic carbocycles. The van der Waals surface area contributed by atoms with Crippen molar-refractivity contribution in [2.75, 3.05) is 40.0 Å². The van der Waals surface area contributed by atoms with Gasteiger partial charge in [-0.25, -0.2) is 4.79 Å². The summed E-state index contributed by atoms with van der Waals surface area (Å²) in [5.41, 5.74) is 5.86. The molecule has 2 aromatic rings. The zero-order chi connectivity index (χ0) is 42.7. The van der Waals surface area contributed by atoms with E-state index in [9.17, 15) is 19.5 Å². The predicted octanol–water partition coefficient (Wildman–Crippen LogP) is 3.89. The van der Waals surface area contributed by atoms with Crippen LogP contribution in [0.2, 0.25) is 0 Å². The smallest absolute Gasteiger partial charge is 0.410 e. The minimum atomic E-state index is -1.25. The first-order valence-electron chi connectivity index (χ1n) is 20.8. The second-order valence-electron chi connectivity index (χ2n) is 17.4. The van der Waals surface area contributed by atoms with Crippen molar-refractivity contribution in [2.45, 2.75) is 148 Å². The number of anilines is 1. The maximum atomic E-state index is 14.4. The highest BCUT2D eigenvalue weighted by Gasteiger charge is 2.58. The van der Waals surface area contributed by atoms with Crippen LogP contribution in [0.15, 0.2) is 30.5 Å². The zero-order valence-corrected chi connectivity index (χ0v) is 36.2. The van der Waals surface area contributed by atoms with E-state index in [1.165, 1.54) is 6.92 Å². The number of hydrogen-bond acceptors (Lipinski definition) is 14. The van der Waals surface area contributed by atoms with Gasteiger partial charge < -0.3 is 44.7 Å². The van der Waals surface area contributed by atoms with Crippen molar-refractivity contribution in [1.29, 1.82) is 0 Å². The highest BCUT2D eigenvalue weighted by atomic mass is 16.7. The van der Waals surface area contributed by atoms with Gasteiger partial charge in [0, 0.05) is 49.5 Å². The van der Waals surface area contributed by atoms with Gasteiger partial charge in [0.1, 0.15) is 23.8 Å². The second kappa shape index (κ2) is 18.7. The average molecular weight is 814 g/mol. The van der Waals surface area contributed by atoms with Gasteiger partial charge in [0.2, 0.25) is 0 Å². The van der Waals surface area contributed by atoms with Crippen LogP contribution < -0.4 is 11.1 Å². The van der Waals surface area contributed by atoms with Crippen molar-refractivity contribution in [3.63, 3.8) is 0 Å². The molecule has 1 amide bonds. The fraction of sp³-hybridized carbons (Fsp3) is 0.738. The van der Waals surface area contributed by atoms with E-state index in [2.05, 4.69) is 22.6 Å². The molecule has 4 heterocycles. The number of nitrogen functional groups attached to an aromatic ring is 1. The molecular formula is C42H67N7O9. The summed E-state index contributed by atoms with van der Waals surface area (Å²) in [4.78, 5) is 45.9. The largest absolute Gasteiger partial charge is 0.458 e. The lowest BCUT2D eigenvalue weighted by Crippen LogP contribution is -2.61. The number of amides is 1. The standard InChI is InChI=1S/C42H67N7O9/c1-12-33-42(8)36(49(40(53)58-42)18-14-17-48-23-31(45-46-48)29-15-13-16-30(43)20-29)28(6)44-22-24(2)21-41(7,54-11)37(26(4)34(50)27(5)38(52)56-33)57-39-35(51)32(47(9)10)19-25(3)55-39/h13,15-16,20,23-28,32-33,35-37,39,44,51H,12,14,17-19,21-22,43H2,1-11H3/t24-,25?,26+,27-,28-,32?,33-,35?,36-,37-,39+,41-,42-/m1/s1. The third-order valence-corrected chi connectivity index (χ3v) is 12.6. The highest BCUT2D eigenvalue weighted by Crippen LogP contribution is 2.40. The molecule has 13 atom stereocenters. The van der Waals surface area contributed by atoms with Crippen molar-refractivity contribution in [1.82, 2.24) is 30.1 Å². The third-order valence-electron chi connectivity index (χ3n) is 12.6. The van der Waals surface area contributed by atoms with Crippen LogP contribution in [0.5, 0.6) is 0 Å². The van der Waals surface area contributed by atoms with Crippen molar-refractivity contribution in [3.8, 4) is 11.3 Å². The Balaban J connectivity index is 1.41. The van der Waals surface area contributed by atoms with E-state index in [-0.39, 0.29) is 24.1 Å². The van der Waals surface area contributed by atoms with E-state index in [0.29, 0.717) is 56.7 Å². The molecule has 0 aliphatic carbocycles. The van der Waals surface area contributed by atoms with Gasteiger partial charge in [-0.05, 0) is 99.0 Å². The first kappa shape index (κ1) is 45.4. The molecule has 5 rings (SSSR count). The number of fused-ring (bicyclic) bond motifs is 1. The molecule has 3 aliphatic heterocycles.